The molecule has 1 fully saturated rings. The Morgan fingerprint density at radius 3 is 1.27 bits per heavy atom. The molecule has 0 aliphatic heterocycles. The van der Waals surface area contributed by atoms with Gasteiger partial charge in [-0.3, -0.25) is 0 Å². The summed E-state index contributed by atoms with van der Waals surface area (Å²) in [6, 6.07) is 0. The van der Waals surface area contributed by atoms with Crippen molar-refractivity contribution in [3.8, 4) is 0 Å². The maximum Gasteiger partial charge on any atom is -0.0302 e. The van der Waals surface area contributed by atoms with Gasteiger partial charge in [0, 0.05) is 0 Å². The minimum atomic E-state index is 0.833. The molecule has 0 radical (unpaired) electrons. The van der Waals surface area contributed by atoms with E-state index in [0.29, 0.717) is 0 Å². The van der Waals surface area contributed by atoms with E-state index >= 15 is 0 Å². The average molecular weight is 156 g/mol. The second-order valence-electron chi connectivity index (χ2n) is 4.44. The van der Waals surface area contributed by atoms with Crippen LogP contribution in [-0.4, -0.2) is 0 Å². The molecule has 0 unspecified atom stereocenters. The van der Waals surface area contributed by atoms with Crippen LogP contribution in [0.15, 0.2) is 0 Å². The van der Waals surface area contributed by atoms with Crippen LogP contribution in [0.1, 0.15) is 60.3 Å². The lowest BCUT2D eigenvalue weighted by Crippen LogP contribution is -1.92. The van der Waals surface area contributed by atoms with E-state index in [0.717, 1.165) is 11.3 Å². The zero-order valence-electron chi connectivity index (χ0n) is 8.91. The Morgan fingerprint density at radius 2 is 1.27 bits per heavy atom. The summed E-state index contributed by atoms with van der Waals surface area (Å²) >= 11 is 0. The summed E-state index contributed by atoms with van der Waals surface area (Å²) in [6.45, 7) is 11.1. The Morgan fingerprint density at radius 1 is 1.00 bits per heavy atom. The Bertz CT molecular complexity index is 79.5. The fourth-order valence-electron chi connectivity index (χ4n) is 1.13. The van der Waals surface area contributed by atoms with Crippen LogP contribution in [0, 0.1) is 11.3 Å². The molecule has 1 aliphatic rings. The molecule has 0 nitrogen and oxygen atoms in total. The van der Waals surface area contributed by atoms with Crippen molar-refractivity contribution in [3.05, 3.63) is 0 Å². The van der Waals surface area contributed by atoms with Crippen molar-refractivity contribution < 1.29 is 0 Å². The minimum absolute atomic E-state index is 0.833. The van der Waals surface area contributed by atoms with Gasteiger partial charge in [-0.1, -0.05) is 47.5 Å². The van der Waals surface area contributed by atoms with Crippen LogP contribution >= 0.6 is 0 Å². The largest absolute Gasteiger partial charge is 0.0649 e. The lowest BCUT2D eigenvalue weighted by atomic mass is 10.0. The highest BCUT2D eigenvalue weighted by Gasteiger charge is 2.37. The van der Waals surface area contributed by atoms with E-state index in [1.165, 1.54) is 25.7 Å². The smallest absolute Gasteiger partial charge is 0.0302 e. The molecule has 0 N–H and O–H groups in total. The standard InChI is InChI=1S/C7H14.C4H10/c1-3-7(4-2)5-6-7;1-4(2)3/h3-6H2,1-2H3;4H,1-3H3. The summed E-state index contributed by atoms with van der Waals surface area (Å²) in [5.41, 5.74) is 0.833. The van der Waals surface area contributed by atoms with Gasteiger partial charge in [0.15, 0.2) is 0 Å². The number of hydrogen-bond acceptors (Lipinski definition) is 0. The van der Waals surface area contributed by atoms with E-state index in [-0.39, 0.29) is 0 Å². The van der Waals surface area contributed by atoms with Gasteiger partial charge in [0.1, 0.15) is 0 Å². The van der Waals surface area contributed by atoms with E-state index in [1.54, 1.807) is 0 Å². The molecule has 0 bridgehead atoms. The minimum Gasteiger partial charge on any atom is -0.0649 e. The van der Waals surface area contributed by atoms with Crippen molar-refractivity contribution in [2.75, 3.05) is 0 Å². The van der Waals surface area contributed by atoms with E-state index < -0.39 is 0 Å². The third-order valence-corrected chi connectivity index (χ3v) is 2.46. The summed E-state index contributed by atoms with van der Waals surface area (Å²) in [7, 11) is 0. The highest BCUT2D eigenvalue weighted by molar-refractivity contribution is 4.89. The number of rotatable bonds is 2. The van der Waals surface area contributed by atoms with Crippen molar-refractivity contribution in [3.63, 3.8) is 0 Å². The molecule has 11 heavy (non-hydrogen) atoms. The zero-order chi connectivity index (χ0) is 8.91. The van der Waals surface area contributed by atoms with Gasteiger partial charge in [-0.2, -0.15) is 0 Å². The average Bonchev–Trinajstić information content (AvgIpc) is 2.66. The van der Waals surface area contributed by atoms with Crippen LogP contribution in [0.25, 0.3) is 0 Å². The first-order valence-corrected chi connectivity index (χ1v) is 5.06. The third kappa shape index (κ3) is 5.29. The van der Waals surface area contributed by atoms with Gasteiger partial charge in [0.2, 0.25) is 0 Å². The molecule has 1 rings (SSSR count). The van der Waals surface area contributed by atoms with Gasteiger partial charge in [0.05, 0.1) is 0 Å². The maximum absolute atomic E-state index is 2.30. The molecule has 0 saturated heterocycles. The molecule has 1 saturated carbocycles. The second kappa shape index (κ2) is 4.79. The summed E-state index contributed by atoms with van der Waals surface area (Å²) in [5.74, 6) is 0.833. The number of hydrogen-bond donors (Lipinski definition) is 0. The van der Waals surface area contributed by atoms with E-state index in [4.69, 9.17) is 0 Å². The van der Waals surface area contributed by atoms with Gasteiger partial charge >= 0.3 is 0 Å². The fourth-order valence-corrected chi connectivity index (χ4v) is 1.13. The van der Waals surface area contributed by atoms with Crippen LogP contribution in [0.4, 0.5) is 0 Å². The summed E-state index contributed by atoms with van der Waals surface area (Å²) in [4.78, 5) is 0. The zero-order valence-corrected chi connectivity index (χ0v) is 8.91. The molecule has 0 aromatic carbocycles. The molecule has 0 heteroatoms. The highest BCUT2D eigenvalue weighted by atomic mass is 14.4. The quantitative estimate of drug-likeness (QED) is 0.560. The topological polar surface area (TPSA) is 0 Å². The summed E-state index contributed by atoms with van der Waals surface area (Å²) < 4.78 is 0. The Hall–Kier alpha value is 0. The van der Waals surface area contributed by atoms with Gasteiger partial charge in [-0.05, 0) is 24.2 Å². The molecule has 0 amide bonds. The molecule has 0 aromatic rings. The molecule has 1 aliphatic carbocycles. The monoisotopic (exact) mass is 156 g/mol. The molecular formula is C11H24. The predicted molar refractivity (Wildman–Crippen MR) is 52.8 cm³/mol. The first-order valence-electron chi connectivity index (χ1n) is 5.06. The van der Waals surface area contributed by atoms with Gasteiger partial charge in [-0.25, -0.2) is 0 Å². The Labute approximate surface area is 72.4 Å². The SMILES string of the molecule is CC(C)C.CCC1(CC)CC1. The maximum atomic E-state index is 2.30. The lowest BCUT2D eigenvalue weighted by Gasteiger charge is -2.04. The van der Waals surface area contributed by atoms with Gasteiger partial charge < -0.3 is 0 Å². The Balaban J connectivity index is 0.000000218. The second-order valence-corrected chi connectivity index (χ2v) is 4.44. The normalized spacial score (nSPS) is 19.1. The summed E-state index contributed by atoms with van der Waals surface area (Å²) in [5, 5.41) is 0. The van der Waals surface area contributed by atoms with Gasteiger partial charge in [-0.15, -0.1) is 0 Å². The van der Waals surface area contributed by atoms with Crippen LogP contribution in [-0.2, 0) is 0 Å². The first kappa shape index (κ1) is 11.0. The third-order valence-electron chi connectivity index (χ3n) is 2.46. The summed E-state index contributed by atoms with van der Waals surface area (Å²) in [6.07, 6.45) is 5.81. The van der Waals surface area contributed by atoms with Crippen LogP contribution in [0.2, 0.25) is 0 Å². The molecule has 0 aromatic heterocycles. The highest BCUT2D eigenvalue weighted by Crippen LogP contribution is 2.51. The van der Waals surface area contributed by atoms with Crippen LogP contribution in [0.3, 0.4) is 0 Å². The molecule has 0 heterocycles. The predicted octanol–water partition coefficient (Wildman–Crippen LogP) is 4.25. The van der Waals surface area contributed by atoms with Crippen molar-refractivity contribution >= 4 is 0 Å². The van der Waals surface area contributed by atoms with Crippen molar-refractivity contribution in [1.82, 2.24) is 0 Å². The van der Waals surface area contributed by atoms with E-state index in [9.17, 15) is 0 Å². The lowest BCUT2D eigenvalue weighted by molar-refractivity contribution is 0.474. The Kier molecular flexibility index (Phi) is 4.79. The molecule has 0 spiro atoms. The molecule has 0 atom stereocenters. The van der Waals surface area contributed by atoms with Crippen molar-refractivity contribution in [2.24, 2.45) is 11.3 Å². The van der Waals surface area contributed by atoms with E-state index in [2.05, 4.69) is 34.6 Å². The van der Waals surface area contributed by atoms with Gasteiger partial charge in [0.25, 0.3) is 0 Å². The van der Waals surface area contributed by atoms with Crippen LogP contribution in [0.5, 0.6) is 0 Å². The fraction of sp³-hybridized carbons (Fsp3) is 1.00. The van der Waals surface area contributed by atoms with E-state index in [1.807, 2.05) is 0 Å². The molecule has 68 valence electrons. The van der Waals surface area contributed by atoms with Crippen molar-refractivity contribution in [2.45, 2.75) is 60.3 Å². The first-order chi connectivity index (χ1) is 5.06. The van der Waals surface area contributed by atoms with Crippen LogP contribution < -0.4 is 0 Å². The molecular weight excluding hydrogens is 132 g/mol. The van der Waals surface area contributed by atoms with Crippen molar-refractivity contribution in [1.29, 1.82) is 0 Å².